The molecule has 0 aliphatic carbocycles. The Balaban J connectivity index is 1.86. The number of halogens is 1. The van der Waals surface area contributed by atoms with Crippen LogP contribution in [0.1, 0.15) is 18.0 Å². The molecule has 1 aliphatic rings. The fourth-order valence-electron chi connectivity index (χ4n) is 2.17. The van der Waals surface area contributed by atoms with E-state index in [0.717, 1.165) is 22.6 Å². The summed E-state index contributed by atoms with van der Waals surface area (Å²) in [6.45, 7) is 1.23. The highest BCUT2D eigenvalue weighted by Gasteiger charge is 2.22. The van der Waals surface area contributed by atoms with Gasteiger partial charge in [-0.25, -0.2) is 9.18 Å². The number of benzene rings is 1. The Bertz CT molecular complexity index is 481. The number of carbonyl (C=O) groups excluding carboxylic acids is 1. The largest absolute Gasteiger partial charge is 0.337 e. The van der Waals surface area contributed by atoms with Gasteiger partial charge in [-0.15, -0.1) is 11.8 Å². The molecule has 0 spiro atoms. The average molecular weight is 297 g/mol. The summed E-state index contributed by atoms with van der Waals surface area (Å²) in [6.07, 6.45) is 0.975. The summed E-state index contributed by atoms with van der Waals surface area (Å²) in [5.41, 5.74) is 1.03. The normalized spacial score (nSPS) is 17.4. The number of hydrogen-bond acceptors (Lipinski definition) is 3. The molecule has 0 bridgehead atoms. The molecule has 0 radical (unpaired) electrons. The SMILES string of the molecule is CN(C)C(=O)NCCNC1CCSc2c(F)cccc21. The number of rotatable bonds is 4. The molecule has 1 aromatic carbocycles. The Morgan fingerprint density at radius 2 is 2.25 bits per heavy atom. The van der Waals surface area contributed by atoms with Crippen LogP contribution in [-0.4, -0.2) is 43.9 Å². The molecule has 1 heterocycles. The Labute approximate surface area is 123 Å². The zero-order valence-corrected chi connectivity index (χ0v) is 12.6. The van der Waals surface area contributed by atoms with Gasteiger partial charge in [-0.1, -0.05) is 12.1 Å². The molecule has 2 N–H and O–H groups in total. The molecule has 1 unspecified atom stereocenters. The molecule has 1 aliphatic heterocycles. The highest BCUT2D eigenvalue weighted by atomic mass is 32.2. The van der Waals surface area contributed by atoms with Gasteiger partial charge in [-0.05, 0) is 23.8 Å². The van der Waals surface area contributed by atoms with Crippen molar-refractivity contribution in [3.8, 4) is 0 Å². The average Bonchev–Trinajstić information content (AvgIpc) is 2.44. The Kier molecular flexibility index (Phi) is 5.25. The summed E-state index contributed by atoms with van der Waals surface area (Å²) < 4.78 is 13.7. The Morgan fingerprint density at radius 3 is 3.00 bits per heavy atom. The minimum atomic E-state index is -0.139. The van der Waals surface area contributed by atoms with Crippen LogP contribution < -0.4 is 10.6 Å². The third-order valence-corrected chi connectivity index (χ3v) is 4.38. The molecule has 0 saturated carbocycles. The van der Waals surface area contributed by atoms with Crippen molar-refractivity contribution in [2.45, 2.75) is 17.4 Å². The molecule has 2 amide bonds. The van der Waals surface area contributed by atoms with Crippen LogP contribution in [0.5, 0.6) is 0 Å². The van der Waals surface area contributed by atoms with Gasteiger partial charge in [0.25, 0.3) is 0 Å². The fraction of sp³-hybridized carbons (Fsp3) is 0.500. The third-order valence-electron chi connectivity index (χ3n) is 3.22. The van der Waals surface area contributed by atoms with Crippen molar-refractivity contribution >= 4 is 17.8 Å². The van der Waals surface area contributed by atoms with Gasteiger partial charge in [0.05, 0.1) is 0 Å². The van der Waals surface area contributed by atoms with E-state index in [9.17, 15) is 9.18 Å². The second kappa shape index (κ2) is 6.95. The second-order valence-corrected chi connectivity index (χ2v) is 6.03. The maximum absolute atomic E-state index is 13.7. The van der Waals surface area contributed by atoms with Gasteiger partial charge in [0.1, 0.15) is 5.82 Å². The van der Waals surface area contributed by atoms with Crippen LogP contribution in [0.3, 0.4) is 0 Å². The number of nitrogens with zero attached hydrogens (tertiary/aromatic N) is 1. The van der Waals surface area contributed by atoms with Crippen LogP contribution in [0.4, 0.5) is 9.18 Å². The van der Waals surface area contributed by atoms with Crippen molar-refractivity contribution < 1.29 is 9.18 Å². The Morgan fingerprint density at radius 1 is 1.45 bits per heavy atom. The van der Waals surface area contributed by atoms with Gasteiger partial charge in [-0.2, -0.15) is 0 Å². The van der Waals surface area contributed by atoms with E-state index in [1.165, 1.54) is 11.0 Å². The molecular formula is C14H20FN3OS. The highest BCUT2D eigenvalue weighted by molar-refractivity contribution is 7.99. The van der Waals surface area contributed by atoms with Gasteiger partial charge in [0.2, 0.25) is 0 Å². The summed E-state index contributed by atoms with van der Waals surface area (Å²) in [5, 5.41) is 6.19. The van der Waals surface area contributed by atoms with Gasteiger partial charge in [0.15, 0.2) is 0 Å². The Hall–Kier alpha value is -1.27. The van der Waals surface area contributed by atoms with Gasteiger partial charge in [0, 0.05) is 38.1 Å². The number of urea groups is 1. The van der Waals surface area contributed by atoms with Crippen LogP contribution in [-0.2, 0) is 0 Å². The first-order chi connectivity index (χ1) is 9.59. The monoisotopic (exact) mass is 297 g/mol. The number of nitrogens with one attached hydrogen (secondary N) is 2. The van der Waals surface area contributed by atoms with Crippen LogP contribution >= 0.6 is 11.8 Å². The summed E-state index contributed by atoms with van der Waals surface area (Å²) >= 11 is 1.58. The summed E-state index contributed by atoms with van der Waals surface area (Å²) in [5.74, 6) is 0.773. The zero-order valence-electron chi connectivity index (χ0n) is 11.8. The quantitative estimate of drug-likeness (QED) is 0.838. The van der Waals surface area contributed by atoms with Gasteiger partial charge < -0.3 is 15.5 Å². The lowest BCUT2D eigenvalue weighted by Gasteiger charge is -2.26. The number of carbonyl (C=O) groups is 1. The number of thioether (sulfide) groups is 1. The molecule has 1 aromatic rings. The second-order valence-electron chi connectivity index (χ2n) is 4.93. The predicted octanol–water partition coefficient (Wildman–Crippen LogP) is 2.22. The summed E-state index contributed by atoms with van der Waals surface area (Å²) in [7, 11) is 3.42. The predicted molar refractivity (Wildman–Crippen MR) is 79.6 cm³/mol. The molecule has 6 heteroatoms. The first kappa shape index (κ1) is 15.1. The maximum Gasteiger partial charge on any atom is 0.316 e. The standard InChI is InChI=1S/C14H20FN3OS/c1-18(2)14(19)17-8-7-16-12-6-9-20-13-10(12)4-3-5-11(13)15/h3-5,12,16H,6-9H2,1-2H3,(H,17,19). The minimum absolute atomic E-state index is 0.0996. The van der Waals surface area contributed by atoms with E-state index in [1.807, 2.05) is 6.07 Å². The fourth-order valence-corrected chi connectivity index (χ4v) is 3.31. The van der Waals surface area contributed by atoms with E-state index < -0.39 is 0 Å². The van der Waals surface area contributed by atoms with Crippen molar-refractivity contribution in [3.63, 3.8) is 0 Å². The zero-order chi connectivity index (χ0) is 14.5. The van der Waals surface area contributed by atoms with Crippen molar-refractivity contribution in [1.82, 2.24) is 15.5 Å². The minimum Gasteiger partial charge on any atom is -0.337 e. The van der Waals surface area contributed by atoms with Crippen LogP contribution in [0.2, 0.25) is 0 Å². The molecule has 0 aromatic heterocycles. The van der Waals surface area contributed by atoms with E-state index in [4.69, 9.17) is 0 Å². The molecule has 110 valence electrons. The first-order valence-corrected chi connectivity index (χ1v) is 7.68. The van der Waals surface area contributed by atoms with Crippen LogP contribution in [0.25, 0.3) is 0 Å². The van der Waals surface area contributed by atoms with Crippen molar-refractivity contribution in [2.24, 2.45) is 0 Å². The lowest BCUT2D eigenvalue weighted by molar-refractivity contribution is 0.217. The highest BCUT2D eigenvalue weighted by Crippen LogP contribution is 2.37. The first-order valence-electron chi connectivity index (χ1n) is 6.69. The van der Waals surface area contributed by atoms with Crippen molar-refractivity contribution in [1.29, 1.82) is 0 Å². The lowest BCUT2D eigenvalue weighted by atomic mass is 10.0. The van der Waals surface area contributed by atoms with E-state index in [2.05, 4.69) is 10.6 Å². The smallest absolute Gasteiger partial charge is 0.316 e. The molecular weight excluding hydrogens is 277 g/mol. The molecule has 20 heavy (non-hydrogen) atoms. The van der Waals surface area contributed by atoms with E-state index in [-0.39, 0.29) is 17.9 Å². The van der Waals surface area contributed by atoms with Gasteiger partial charge in [-0.3, -0.25) is 0 Å². The molecule has 1 atom stereocenters. The number of amides is 2. The van der Waals surface area contributed by atoms with Crippen molar-refractivity contribution in [3.05, 3.63) is 29.6 Å². The van der Waals surface area contributed by atoms with Crippen LogP contribution in [0, 0.1) is 5.82 Å². The molecule has 4 nitrogen and oxygen atoms in total. The van der Waals surface area contributed by atoms with Gasteiger partial charge >= 0.3 is 6.03 Å². The molecule has 2 rings (SSSR count). The summed E-state index contributed by atoms with van der Waals surface area (Å²) in [6, 6.07) is 5.30. The van der Waals surface area contributed by atoms with E-state index in [1.54, 1.807) is 31.9 Å². The van der Waals surface area contributed by atoms with Crippen LogP contribution in [0.15, 0.2) is 23.1 Å². The molecule has 0 saturated heterocycles. The third kappa shape index (κ3) is 3.64. The maximum atomic E-state index is 13.7. The number of fused-ring (bicyclic) bond motifs is 1. The summed E-state index contributed by atoms with van der Waals surface area (Å²) in [4.78, 5) is 13.6. The van der Waals surface area contributed by atoms with E-state index in [0.29, 0.717) is 13.1 Å². The number of hydrogen-bond donors (Lipinski definition) is 2. The van der Waals surface area contributed by atoms with E-state index >= 15 is 0 Å². The molecule has 0 fully saturated rings. The topological polar surface area (TPSA) is 44.4 Å². The van der Waals surface area contributed by atoms with Crippen molar-refractivity contribution in [2.75, 3.05) is 32.9 Å². The lowest BCUT2D eigenvalue weighted by Crippen LogP contribution is -2.39.